The highest BCUT2D eigenvalue weighted by Crippen LogP contribution is 2.23. The minimum Gasteiger partial charge on any atom is -0.303 e. The monoisotopic (exact) mass is 127 g/mol. The smallest absolute Gasteiger partial charge is 0.0590 e. The highest BCUT2D eigenvalue weighted by atomic mass is 14.9. The van der Waals surface area contributed by atoms with Gasteiger partial charge in [0.15, 0.2) is 0 Å². The Bertz CT molecular complexity index is 67.3. The van der Waals surface area contributed by atoms with Crippen molar-refractivity contribution in [1.29, 1.82) is 0 Å². The maximum atomic E-state index is 6.86. The van der Waals surface area contributed by atoms with Crippen LogP contribution in [0.4, 0.5) is 0 Å². The van der Waals surface area contributed by atoms with Gasteiger partial charge in [-0.05, 0) is 25.3 Å². The van der Waals surface area contributed by atoms with E-state index in [4.69, 9.17) is 5.73 Å². The molecule has 1 aliphatic carbocycles. The van der Waals surface area contributed by atoms with Gasteiger partial charge in [-0.3, -0.25) is 0 Å². The van der Waals surface area contributed by atoms with E-state index in [9.17, 15) is 0 Å². The van der Waals surface area contributed by atoms with Crippen molar-refractivity contribution in [3.63, 3.8) is 0 Å². The van der Waals surface area contributed by atoms with Gasteiger partial charge in [0.1, 0.15) is 0 Å². The van der Waals surface area contributed by atoms with E-state index in [0.29, 0.717) is 6.67 Å². The van der Waals surface area contributed by atoms with Crippen LogP contribution in [-0.2, 0) is 0 Å². The lowest BCUT2D eigenvalue weighted by molar-refractivity contribution is 0.493. The molecular weight excluding hydrogens is 112 g/mol. The average molecular weight is 127 g/mol. The Morgan fingerprint density at radius 3 is 2.56 bits per heavy atom. The predicted molar refractivity (Wildman–Crippen MR) is 37.9 cm³/mol. The van der Waals surface area contributed by atoms with E-state index in [1.54, 1.807) is 0 Å². The summed E-state index contributed by atoms with van der Waals surface area (Å²) in [5, 5.41) is 3.06. The molecule has 0 unspecified atom stereocenters. The normalized spacial score (nSPS) is 21.0. The molecule has 0 amide bonds. The van der Waals surface area contributed by atoms with Crippen LogP contribution in [0.25, 0.3) is 0 Å². The average Bonchev–Trinajstić information content (AvgIpc) is 2.34. The largest absolute Gasteiger partial charge is 0.303 e. The molecule has 1 fully saturated rings. The molecule has 2 heteroatoms. The van der Waals surface area contributed by atoms with Gasteiger partial charge in [0.25, 0.3) is 0 Å². The highest BCUT2D eigenvalue weighted by Gasteiger charge is 2.13. The van der Waals surface area contributed by atoms with Crippen molar-refractivity contribution in [3.05, 3.63) is 0 Å². The predicted octanol–water partition coefficient (Wildman–Crippen LogP) is 1.01. The van der Waals surface area contributed by atoms with E-state index in [1.807, 2.05) is 0 Å². The summed E-state index contributed by atoms with van der Waals surface area (Å²) in [4.78, 5) is 0. The van der Waals surface area contributed by atoms with Gasteiger partial charge in [-0.25, -0.2) is 5.73 Å². The van der Waals surface area contributed by atoms with E-state index in [1.165, 1.54) is 25.7 Å². The third-order valence-corrected chi connectivity index (χ3v) is 2.03. The van der Waals surface area contributed by atoms with Crippen LogP contribution in [0, 0.1) is 5.92 Å². The molecule has 0 spiro atoms. The van der Waals surface area contributed by atoms with Crippen molar-refractivity contribution in [2.75, 3.05) is 13.2 Å². The number of rotatable bonds is 3. The van der Waals surface area contributed by atoms with Crippen LogP contribution >= 0.6 is 0 Å². The van der Waals surface area contributed by atoms with Crippen molar-refractivity contribution in [3.8, 4) is 0 Å². The SMILES string of the molecule is [NH]CNCC1CCCC1. The summed E-state index contributed by atoms with van der Waals surface area (Å²) in [6.07, 6.45) is 5.58. The maximum Gasteiger partial charge on any atom is 0.0590 e. The molecule has 2 N–H and O–H groups in total. The molecule has 0 aliphatic heterocycles. The third kappa shape index (κ3) is 2.33. The Balaban J connectivity index is 1.98. The molecule has 9 heavy (non-hydrogen) atoms. The molecule has 1 radical (unpaired) electrons. The molecule has 1 saturated carbocycles. The lowest BCUT2D eigenvalue weighted by Gasteiger charge is -2.06. The minimum absolute atomic E-state index is 0.385. The molecule has 0 bridgehead atoms. The lowest BCUT2D eigenvalue weighted by Crippen LogP contribution is -2.22. The fraction of sp³-hybridized carbons (Fsp3) is 1.00. The Morgan fingerprint density at radius 2 is 2.00 bits per heavy atom. The molecule has 0 aromatic rings. The Morgan fingerprint density at radius 1 is 1.33 bits per heavy atom. The maximum absolute atomic E-state index is 6.86. The van der Waals surface area contributed by atoms with E-state index in [2.05, 4.69) is 5.32 Å². The zero-order chi connectivity index (χ0) is 6.53. The van der Waals surface area contributed by atoms with Crippen molar-refractivity contribution in [1.82, 2.24) is 11.1 Å². The molecule has 1 rings (SSSR count). The van der Waals surface area contributed by atoms with Crippen LogP contribution in [0.2, 0.25) is 0 Å². The molecule has 0 saturated heterocycles. The Hall–Kier alpha value is -0.0800. The van der Waals surface area contributed by atoms with Gasteiger partial charge in [-0.1, -0.05) is 12.8 Å². The summed E-state index contributed by atoms with van der Waals surface area (Å²) >= 11 is 0. The van der Waals surface area contributed by atoms with Crippen molar-refractivity contribution >= 4 is 0 Å². The van der Waals surface area contributed by atoms with Crippen LogP contribution in [0.1, 0.15) is 25.7 Å². The second kappa shape index (κ2) is 3.85. The second-order valence-corrected chi connectivity index (χ2v) is 2.78. The first-order chi connectivity index (χ1) is 4.43. The van der Waals surface area contributed by atoms with Crippen molar-refractivity contribution < 1.29 is 0 Å². The molecule has 53 valence electrons. The zero-order valence-corrected chi connectivity index (χ0v) is 5.82. The highest BCUT2D eigenvalue weighted by molar-refractivity contribution is 4.68. The minimum atomic E-state index is 0.385. The fourth-order valence-electron chi connectivity index (χ4n) is 1.49. The van der Waals surface area contributed by atoms with Gasteiger partial charge in [0.05, 0.1) is 6.67 Å². The summed E-state index contributed by atoms with van der Waals surface area (Å²) in [6, 6.07) is 0. The first kappa shape index (κ1) is 7.03. The van der Waals surface area contributed by atoms with Gasteiger partial charge in [0.2, 0.25) is 0 Å². The van der Waals surface area contributed by atoms with Crippen LogP contribution < -0.4 is 11.1 Å². The topological polar surface area (TPSA) is 35.8 Å². The first-order valence-electron chi connectivity index (χ1n) is 3.79. The third-order valence-electron chi connectivity index (χ3n) is 2.03. The molecule has 0 aromatic carbocycles. The van der Waals surface area contributed by atoms with Crippen LogP contribution in [-0.4, -0.2) is 13.2 Å². The van der Waals surface area contributed by atoms with Gasteiger partial charge in [-0.2, -0.15) is 0 Å². The van der Waals surface area contributed by atoms with E-state index >= 15 is 0 Å². The van der Waals surface area contributed by atoms with E-state index in [0.717, 1.165) is 12.5 Å². The number of hydrogen-bond donors (Lipinski definition) is 1. The molecule has 1 aliphatic rings. The van der Waals surface area contributed by atoms with Crippen LogP contribution in [0.5, 0.6) is 0 Å². The zero-order valence-electron chi connectivity index (χ0n) is 5.82. The number of nitrogens with one attached hydrogen (secondary N) is 2. The van der Waals surface area contributed by atoms with Crippen molar-refractivity contribution in [2.24, 2.45) is 5.92 Å². The summed E-state index contributed by atoms with van der Waals surface area (Å²) < 4.78 is 0. The fourth-order valence-corrected chi connectivity index (χ4v) is 1.49. The molecular formula is C7H15N2. The van der Waals surface area contributed by atoms with Gasteiger partial charge >= 0.3 is 0 Å². The van der Waals surface area contributed by atoms with Gasteiger partial charge < -0.3 is 5.32 Å². The molecule has 2 nitrogen and oxygen atoms in total. The van der Waals surface area contributed by atoms with E-state index < -0.39 is 0 Å². The Kier molecular flexibility index (Phi) is 3.01. The second-order valence-electron chi connectivity index (χ2n) is 2.78. The van der Waals surface area contributed by atoms with Gasteiger partial charge in [-0.15, -0.1) is 0 Å². The Labute approximate surface area is 56.8 Å². The summed E-state index contributed by atoms with van der Waals surface area (Å²) in [5.74, 6) is 0.885. The lowest BCUT2D eigenvalue weighted by atomic mass is 10.1. The van der Waals surface area contributed by atoms with Crippen LogP contribution in [0.15, 0.2) is 0 Å². The van der Waals surface area contributed by atoms with Crippen molar-refractivity contribution in [2.45, 2.75) is 25.7 Å². The molecule has 0 heterocycles. The molecule has 0 atom stereocenters. The molecule has 0 aromatic heterocycles. The first-order valence-corrected chi connectivity index (χ1v) is 3.79. The summed E-state index contributed by atoms with van der Waals surface area (Å²) in [7, 11) is 0. The quantitative estimate of drug-likeness (QED) is 0.603. The van der Waals surface area contributed by atoms with E-state index in [-0.39, 0.29) is 0 Å². The number of hydrogen-bond acceptors (Lipinski definition) is 1. The summed E-state index contributed by atoms with van der Waals surface area (Å²) in [5.41, 5.74) is 6.86. The standard InChI is InChI=1S/C7H15N2/c8-6-9-5-7-3-1-2-4-7/h7-9H,1-6H2. The van der Waals surface area contributed by atoms with Gasteiger partial charge in [0, 0.05) is 0 Å². The van der Waals surface area contributed by atoms with Crippen LogP contribution in [0.3, 0.4) is 0 Å². The summed E-state index contributed by atoms with van der Waals surface area (Å²) in [6.45, 7) is 1.46.